The highest BCUT2D eigenvalue weighted by Gasteiger charge is 2.29. The third-order valence-corrected chi connectivity index (χ3v) is 4.33. The first-order valence-electron chi connectivity index (χ1n) is 8.41. The molecule has 6 heteroatoms. The first-order chi connectivity index (χ1) is 11.5. The van der Waals surface area contributed by atoms with Crippen LogP contribution in [0.25, 0.3) is 0 Å². The molecule has 0 radical (unpaired) electrons. The second-order valence-corrected chi connectivity index (χ2v) is 6.01. The second kappa shape index (κ2) is 8.57. The Kier molecular flexibility index (Phi) is 6.46. The highest BCUT2D eigenvalue weighted by Crippen LogP contribution is 2.20. The molecule has 1 N–H and O–H groups in total. The molecule has 2 rings (SSSR count). The van der Waals surface area contributed by atoms with Crippen molar-refractivity contribution in [3.63, 3.8) is 0 Å². The number of ether oxygens (including phenoxy) is 2. The fourth-order valence-corrected chi connectivity index (χ4v) is 2.78. The summed E-state index contributed by atoms with van der Waals surface area (Å²) in [4.78, 5) is 25.7. The number of aryl methyl sites for hydroxylation is 1. The molecule has 1 saturated heterocycles. The molecule has 1 heterocycles. The van der Waals surface area contributed by atoms with Gasteiger partial charge < -0.3 is 19.7 Å². The summed E-state index contributed by atoms with van der Waals surface area (Å²) in [6.07, 6.45) is 1.57. The van der Waals surface area contributed by atoms with E-state index in [1.165, 1.54) is 0 Å². The van der Waals surface area contributed by atoms with Crippen molar-refractivity contribution in [1.82, 2.24) is 10.2 Å². The van der Waals surface area contributed by atoms with Crippen molar-refractivity contribution in [2.45, 2.75) is 33.6 Å². The molecule has 0 aromatic heterocycles. The summed E-state index contributed by atoms with van der Waals surface area (Å²) < 4.78 is 10.7. The van der Waals surface area contributed by atoms with Crippen molar-refractivity contribution < 1.29 is 19.1 Å². The van der Waals surface area contributed by atoms with Crippen molar-refractivity contribution in [1.29, 1.82) is 0 Å². The van der Waals surface area contributed by atoms with Crippen LogP contribution >= 0.6 is 0 Å². The number of urea groups is 1. The number of rotatable bonds is 5. The van der Waals surface area contributed by atoms with Crippen LogP contribution < -0.4 is 10.1 Å². The maximum atomic E-state index is 12.2. The van der Waals surface area contributed by atoms with Crippen molar-refractivity contribution >= 4 is 12.0 Å². The Morgan fingerprint density at radius 1 is 1.33 bits per heavy atom. The summed E-state index contributed by atoms with van der Waals surface area (Å²) in [6.45, 7) is 7.30. The summed E-state index contributed by atoms with van der Waals surface area (Å²) in [7, 11) is 0. The second-order valence-electron chi connectivity index (χ2n) is 6.01. The van der Waals surface area contributed by atoms with Gasteiger partial charge in [-0.05, 0) is 50.8 Å². The Labute approximate surface area is 143 Å². The number of amides is 2. The maximum Gasteiger partial charge on any atom is 0.320 e. The monoisotopic (exact) mass is 334 g/mol. The lowest BCUT2D eigenvalue weighted by Gasteiger charge is -2.31. The zero-order valence-electron chi connectivity index (χ0n) is 14.6. The van der Waals surface area contributed by atoms with E-state index in [4.69, 9.17) is 9.47 Å². The quantitative estimate of drug-likeness (QED) is 0.664. The number of esters is 1. The van der Waals surface area contributed by atoms with Gasteiger partial charge in [-0.3, -0.25) is 4.79 Å². The number of likely N-dealkylation sites (tertiary alicyclic amines) is 1. The molecule has 0 bridgehead atoms. The molecule has 24 heavy (non-hydrogen) atoms. The Morgan fingerprint density at radius 2 is 2.12 bits per heavy atom. The SMILES string of the molecule is CCOC(=O)C1CCCN(C(=O)NCOc2cccc(C)c2C)C1. The molecule has 6 nitrogen and oxygen atoms in total. The zero-order chi connectivity index (χ0) is 17.5. The lowest BCUT2D eigenvalue weighted by molar-refractivity contribution is -0.149. The highest BCUT2D eigenvalue weighted by atomic mass is 16.5. The Hall–Kier alpha value is -2.24. The summed E-state index contributed by atoms with van der Waals surface area (Å²) in [5.74, 6) is 0.310. The van der Waals surface area contributed by atoms with Gasteiger partial charge in [-0.1, -0.05) is 12.1 Å². The molecule has 132 valence electrons. The van der Waals surface area contributed by atoms with E-state index in [1.54, 1.807) is 11.8 Å². The van der Waals surface area contributed by atoms with Crippen LogP contribution in [0, 0.1) is 19.8 Å². The van der Waals surface area contributed by atoms with Gasteiger partial charge in [0, 0.05) is 13.1 Å². The third kappa shape index (κ3) is 4.63. The molecule has 1 aliphatic rings. The van der Waals surface area contributed by atoms with Crippen molar-refractivity contribution in [3.8, 4) is 5.75 Å². The van der Waals surface area contributed by atoms with Gasteiger partial charge in [0.15, 0.2) is 6.73 Å². The first-order valence-corrected chi connectivity index (χ1v) is 8.41. The Morgan fingerprint density at radius 3 is 2.88 bits per heavy atom. The average Bonchev–Trinajstić information content (AvgIpc) is 2.59. The van der Waals surface area contributed by atoms with Crippen LogP contribution in [0.15, 0.2) is 18.2 Å². The number of hydrogen-bond donors (Lipinski definition) is 1. The van der Waals surface area contributed by atoms with E-state index in [0.29, 0.717) is 19.7 Å². The average molecular weight is 334 g/mol. The van der Waals surface area contributed by atoms with Crippen LogP contribution in [0.1, 0.15) is 30.9 Å². The molecule has 1 atom stereocenters. The molecule has 1 aliphatic heterocycles. The topological polar surface area (TPSA) is 67.9 Å². The van der Waals surface area contributed by atoms with Crippen LogP contribution in [0.3, 0.4) is 0 Å². The van der Waals surface area contributed by atoms with Gasteiger partial charge in [0.1, 0.15) is 5.75 Å². The number of nitrogens with one attached hydrogen (secondary N) is 1. The molecule has 0 saturated carbocycles. The first kappa shape index (κ1) is 18.1. The fraction of sp³-hybridized carbons (Fsp3) is 0.556. The summed E-state index contributed by atoms with van der Waals surface area (Å²) in [6, 6.07) is 5.61. The van der Waals surface area contributed by atoms with E-state index < -0.39 is 0 Å². The van der Waals surface area contributed by atoms with Gasteiger partial charge in [-0.25, -0.2) is 4.79 Å². The summed E-state index contributed by atoms with van der Waals surface area (Å²) in [5, 5.41) is 2.75. The van der Waals surface area contributed by atoms with Gasteiger partial charge in [0.2, 0.25) is 0 Å². The predicted molar refractivity (Wildman–Crippen MR) is 90.9 cm³/mol. The summed E-state index contributed by atoms with van der Waals surface area (Å²) in [5.41, 5.74) is 2.21. The predicted octanol–water partition coefficient (Wildman–Crippen LogP) is 2.62. The number of carbonyl (C=O) groups is 2. The van der Waals surface area contributed by atoms with Crippen molar-refractivity contribution in [2.24, 2.45) is 5.92 Å². The van der Waals surface area contributed by atoms with Crippen molar-refractivity contribution in [2.75, 3.05) is 26.4 Å². The standard InChI is InChI=1S/C18H26N2O4/c1-4-23-17(21)15-8-6-10-20(11-15)18(22)19-12-24-16-9-5-7-13(2)14(16)3/h5,7,9,15H,4,6,8,10-12H2,1-3H3,(H,19,22). The van der Waals surface area contributed by atoms with Gasteiger partial charge in [-0.15, -0.1) is 0 Å². The largest absolute Gasteiger partial charge is 0.473 e. The molecule has 1 aromatic carbocycles. The van der Waals surface area contributed by atoms with Crippen LogP contribution in [-0.4, -0.2) is 43.3 Å². The smallest absolute Gasteiger partial charge is 0.320 e. The third-order valence-electron chi connectivity index (χ3n) is 4.33. The van der Waals surface area contributed by atoms with Crippen LogP contribution in [0.4, 0.5) is 4.79 Å². The van der Waals surface area contributed by atoms with E-state index in [0.717, 1.165) is 29.7 Å². The van der Waals surface area contributed by atoms with Crippen LogP contribution in [0.2, 0.25) is 0 Å². The lowest BCUT2D eigenvalue weighted by Crippen LogP contribution is -2.48. The molecule has 2 amide bonds. The van der Waals surface area contributed by atoms with E-state index in [1.807, 2.05) is 32.0 Å². The zero-order valence-corrected chi connectivity index (χ0v) is 14.6. The highest BCUT2D eigenvalue weighted by molar-refractivity contribution is 5.77. The van der Waals surface area contributed by atoms with E-state index in [9.17, 15) is 9.59 Å². The van der Waals surface area contributed by atoms with E-state index in [-0.39, 0.29) is 24.6 Å². The Balaban J connectivity index is 1.81. The molecule has 1 aromatic rings. The van der Waals surface area contributed by atoms with Gasteiger partial charge in [0.05, 0.1) is 12.5 Å². The normalized spacial score (nSPS) is 17.3. The maximum absolute atomic E-state index is 12.2. The van der Waals surface area contributed by atoms with Gasteiger partial charge >= 0.3 is 12.0 Å². The fourth-order valence-electron chi connectivity index (χ4n) is 2.78. The molecular weight excluding hydrogens is 308 g/mol. The van der Waals surface area contributed by atoms with Crippen molar-refractivity contribution in [3.05, 3.63) is 29.3 Å². The van der Waals surface area contributed by atoms with E-state index in [2.05, 4.69) is 5.32 Å². The van der Waals surface area contributed by atoms with E-state index >= 15 is 0 Å². The molecule has 1 fully saturated rings. The minimum Gasteiger partial charge on any atom is -0.473 e. The van der Waals surface area contributed by atoms with Crippen LogP contribution in [0.5, 0.6) is 5.75 Å². The minimum atomic E-state index is -0.232. The minimum absolute atomic E-state index is 0.101. The molecule has 0 aliphatic carbocycles. The van der Waals surface area contributed by atoms with Gasteiger partial charge in [-0.2, -0.15) is 0 Å². The Bertz CT molecular complexity index is 588. The summed E-state index contributed by atoms with van der Waals surface area (Å²) >= 11 is 0. The molecule has 0 spiro atoms. The number of benzene rings is 1. The van der Waals surface area contributed by atoms with Crippen LogP contribution in [-0.2, 0) is 9.53 Å². The number of hydrogen-bond acceptors (Lipinski definition) is 4. The molecule has 1 unspecified atom stereocenters. The lowest BCUT2D eigenvalue weighted by atomic mass is 9.98. The number of piperidine rings is 1. The molecular formula is C18H26N2O4. The van der Waals surface area contributed by atoms with Gasteiger partial charge in [0.25, 0.3) is 0 Å². The number of carbonyl (C=O) groups excluding carboxylic acids is 2. The number of nitrogens with zero attached hydrogens (tertiary/aromatic N) is 1.